The van der Waals surface area contributed by atoms with Crippen molar-refractivity contribution in [1.29, 1.82) is 0 Å². The summed E-state index contributed by atoms with van der Waals surface area (Å²) in [5.74, 6) is -0.444. The highest BCUT2D eigenvalue weighted by molar-refractivity contribution is 5.91. The van der Waals surface area contributed by atoms with Gasteiger partial charge in [-0.1, -0.05) is 12.1 Å². The van der Waals surface area contributed by atoms with E-state index in [2.05, 4.69) is 5.10 Å². The van der Waals surface area contributed by atoms with Crippen molar-refractivity contribution in [2.75, 3.05) is 0 Å². The van der Waals surface area contributed by atoms with Crippen LogP contribution in [0.15, 0.2) is 30.5 Å². The molecule has 0 bridgehead atoms. The van der Waals surface area contributed by atoms with Crippen LogP contribution in [0.3, 0.4) is 0 Å². The second kappa shape index (κ2) is 3.57. The van der Waals surface area contributed by atoms with Gasteiger partial charge < -0.3 is 5.73 Å². The number of fused-ring (bicyclic) bond motifs is 1. The Morgan fingerprint density at radius 2 is 2.33 bits per heavy atom. The summed E-state index contributed by atoms with van der Waals surface area (Å²) in [4.78, 5) is 10.6. The first kappa shape index (κ1) is 9.45. The van der Waals surface area contributed by atoms with Gasteiger partial charge in [0.2, 0.25) is 5.91 Å². The lowest BCUT2D eigenvalue weighted by atomic mass is 10.1. The number of hydrogen-bond acceptors (Lipinski definition) is 2. The minimum Gasteiger partial charge on any atom is -0.366 e. The van der Waals surface area contributed by atoms with E-state index in [4.69, 9.17) is 5.73 Å². The molecular weight excluding hydrogens is 190 g/mol. The highest BCUT2D eigenvalue weighted by Crippen LogP contribution is 2.15. The van der Waals surface area contributed by atoms with Crippen molar-refractivity contribution in [3.63, 3.8) is 0 Å². The van der Waals surface area contributed by atoms with Gasteiger partial charge in [0.05, 0.1) is 11.7 Å². The van der Waals surface area contributed by atoms with Crippen LogP contribution in [0, 0.1) is 0 Å². The molecule has 0 aliphatic heterocycles. The van der Waals surface area contributed by atoms with E-state index in [1.165, 1.54) is 6.08 Å². The normalized spacial score (nSPS) is 11.3. The van der Waals surface area contributed by atoms with E-state index in [0.29, 0.717) is 0 Å². The Bertz CT molecular complexity index is 540. The number of primary amides is 1. The van der Waals surface area contributed by atoms with E-state index in [9.17, 15) is 4.79 Å². The van der Waals surface area contributed by atoms with E-state index >= 15 is 0 Å². The van der Waals surface area contributed by atoms with Crippen molar-refractivity contribution < 1.29 is 4.79 Å². The molecule has 0 spiro atoms. The predicted molar refractivity (Wildman–Crippen MR) is 58.9 cm³/mol. The minimum atomic E-state index is -0.444. The number of amides is 1. The number of aromatic nitrogens is 2. The zero-order valence-electron chi connectivity index (χ0n) is 8.34. The highest BCUT2D eigenvalue weighted by Gasteiger charge is 1.98. The van der Waals surface area contributed by atoms with Gasteiger partial charge in [0.1, 0.15) is 0 Å². The molecule has 4 heteroatoms. The van der Waals surface area contributed by atoms with Gasteiger partial charge in [0.25, 0.3) is 0 Å². The summed E-state index contributed by atoms with van der Waals surface area (Å²) in [6.07, 6.45) is 4.84. The second-order valence-electron chi connectivity index (χ2n) is 3.32. The van der Waals surface area contributed by atoms with E-state index in [-0.39, 0.29) is 0 Å². The molecule has 0 atom stereocenters. The van der Waals surface area contributed by atoms with E-state index in [0.717, 1.165) is 16.5 Å². The van der Waals surface area contributed by atoms with Crippen LogP contribution in [0.25, 0.3) is 17.0 Å². The SMILES string of the molecule is Cn1ncc2ccc(C=CC(N)=O)cc21. The number of carbonyl (C=O) groups excluding carboxylic acids is 1. The quantitative estimate of drug-likeness (QED) is 0.739. The fourth-order valence-electron chi connectivity index (χ4n) is 1.44. The van der Waals surface area contributed by atoms with Crippen molar-refractivity contribution >= 4 is 22.9 Å². The fraction of sp³-hybridized carbons (Fsp3) is 0.0909. The average Bonchev–Trinajstić information content (AvgIpc) is 2.57. The molecule has 2 rings (SSSR count). The lowest BCUT2D eigenvalue weighted by Crippen LogP contribution is -2.05. The Kier molecular flexibility index (Phi) is 2.25. The minimum absolute atomic E-state index is 0.444. The molecule has 0 aliphatic rings. The number of nitrogens with two attached hydrogens (primary N) is 1. The molecule has 15 heavy (non-hydrogen) atoms. The van der Waals surface area contributed by atoms with Crippen molar-refractivity contribution in [3.8, 4) is 0 Å². The molecule has 1 heterocycles. The standard InChI is InChI=1S/C11H11N3O/c1-14-10-6-8(3-5-11(12)15)2-4-9(10)7-13-14/h2-7H,1H3,(H2,12,15). The van der Waals surface area contributed by atoms with Crippen LogP contribution in [0.5, 0.6) is 0 Å². The van der Waals surface area contributed by atoms with Crippen LogP contribution < -0.4 is 5.73 Å². The molecule has 0 saturated heterocycles. The zero-order chi connectivity index (χ0) is 10.8. The molecule has 0 saturated carbocycles. The molecule has 0 fully saturated rings. The molecular formula is C11H11N3O. The lowest BCUT2D eigenvalue weighted by molar-refractivity contribution is -0.113. The van der Waals surface area contributed by atoms with Crippen molar-refractivity contribution in [2.45, 2.75) is 0 Å². The number of benzene rings is 1. The largest absolute Gasteiger partial charge is 0.366 e. The second-order valence-corrected chi connectivity index (χ2v) is 3.32. The molecule has 4 nitrogen and oxygen atoms in total. The Morgan fingerprint density at radius 3 is 3.07 bits per heavy atom. The van der Waals surface area contributed by atoms with Gasteiger partial charge in [-0.25, -0.2) is 0 Å². The maximum atomic E-state index is 10.6. The molecule has 1 aromatic carbocycles. The summed E-state index contributed by atoms with van der Waals surface area (Å²) in [7, 11) is 1.88. The Morgan fingerprint density at radius 1 is 1.53 bits per heavy atom. The Labute approximate surface area is 87.0 Å². The van der Waals surface area contributed by atoms with Gasteiger partial charge >= 0.3 is 0 Å². The molecule has 1 amide bonds. The lowest BCUT2D eigenvalue weighted by Gasteiger charge is -1.96. The van der Waals surface area contributed by atoms with Crippen LogP contribution in [-0.2, 0) is 11.8 Å². The van der Waals surface area contributed by atoms with E-state index in [1.54, 1.807) is 17.0 Å². The van der Waals surface area contributed by atoms with Gasteiger partial charge in [0, 0.05) is 18.5 Å². The Balaban J connectivity index is 2.46. The summed E-state index contributed by atoms with van der Waals surface area (Å²) in [6.45, 7) is 0. The number of aryl methyl sites for hydroxylation is 1. The summed E-state index contributed by atoms with van der Waals surface area (Å²) in [5.41, 5.74) is 6.98. The summed E-state index contributed by atoms with van der Waals surface area (Å²) < 4.78 is 1.79. The molecule has 1 aromatic heterocycles. The summed E-state index contributed by atoms with van der Waals surface area (Å²) in [6, 6.07) is 5.84. The first-order valence-corrected chi connectivity index (χ1v) is 4.56. The monoisotopic (exact) mass is 201 g/mol. The Hall–Kier alpha value is -2.10. The smallest absolute Gasteiger partial charge is 0.241 e. The van der Waals surface area contributed by atoms with Crippen LogP contribution in [0.4, 0.5) is 0 Å². The van der Waals surface area contributed by atoms with Gasteiger partial charge in [-0.15, -0.1) is 0 Å². The van der Waals surface area contributed by atoms with Crippen molar-refractivity contribution in [2.24, 2.45) is 12.8 Å². The van der Waals surface area contributed by atoms with Crippen LogP contribution in [0.1, 0.15) is 5.56 Å². The maximum Gasteiger partial charge on any atom is 0.241 e. The van der Waals surface area contributed by atoms with Crippen molar-refractivity contribution in [3.05, 3.63) is 36.0 Å². The molecule has 0 unspecified atom stereocenters. The van der Waals surface area contributed by atoms with Gasteiger partial charge in [-0.3, -0.25) is 9.48 Å². The maximum absolute atomic E-state index is 10.6. The van der Waals surface area contributed by atoms with E-state index < -0.39 is 5.91 Å². The van der Waals surface area contributed by atoms with Gasteiger partial charge in [0.15, 0.2) is 0 Å². The van der Waals surface area contributed by atoms with Gasteiger partial charge in [-0.2, -0.15) is 5.10 Å². The first-order valence-electron chi connectivity index (χ1n) is 4.56. The van der Waals surface area contributed by atoms with Crippen molar-refractivity contribution in [1.82, 2.24) is 9.78 Å². The summed E-state index contributed by atoms with van der Waals surface area (Å²) >= 11 is 0. The molecule has 76 valence electrons. The number of nitrogens with zero attached hydrogens (tertiary/aromatic N) is 2. The topological polar surface area (TPSA) is 60.9 Å². The first-order chi connectivity index (χ1) is 7.16. The molecule has 2 N–H and O–H groups in total. The third kappa shape index (κ3) is 1.88. The van der Waals surface area contributed by atoms with Crippen LogP contribution >= 0.6 is 0 Å². The predicted octanol–water partition coefficient (Wildman–Crippen LogP) is 1.07. The number of rotatable bonds is 2. The summed E-state index contributed by atoms with van der Waals surface area (Å²) in [5, 5.41) is 5.21. The van der Waals surface area contributed by atoms with Crippen LogP contribution in [0.2, 0.25) is 0 Å². The molecule has 0 aliphatic carbocycles. The average molecular weight is 201 g/mol. The van der Waals surface area contributed by atoms with Gasteiger partial charge in [-0.05, 0) is 17.7 Å². The molecule has 2 aromatic rings. The number of hydrogen-bond donors (Lipinski definition) is 1. The zero-order valence-corrected chi connectivity index (χ0v) is 8.34. The van der Waals surface area contributed by atoms with E-state index in [1.807, 2.05) is 25.2 Å². The third-order valence-corrected chi connectivity index (χ3v) is 2.21. The number of carbonyl (C=O) groups is 1. The third-order valence-electron chi connectivity index (χ3n) is 2.21. The molecule has 0 radical (unpaired) electrons. The fourth-order valence-corrected chi connectivity index (χ4v) is 1.44. The highest BCUT2D eigenvalue weighted by atomic mass is 16.1. The van der Waals surface area contributed by atoms with Crippen LogP contribution in [-0.4, -0.2) is 15.7 Å².